The summed E-state index contributed by atoms with van der Waals surface area (Å²) in [4.78, 5) is 31.4. The van der Waals surface area contributed by atoms with Gasteiger partial charge >= 0.3 is 5.97 Å². The van der Waals surface area contributed by atoms with Crippen LogP contribution in [0.5, 0.6) is 0 Å². The smallest absolute Gasteiger partial charge is 0.335 e. The number of benzene rings is 1. The van der Waals surface area contributed by atoms with Gasteiger partial charge in [0.2, 0.25) is 0 Å². The molecular weight excluding hydrogens is 326 g/mol. The van der Waals surface area contributed by atoms with Gasteiger partial charge in [0.25, 0.3) is 5.56 Å². The van der Waals surface area contributed by atoms with Crippen LogP contribution in [0.15, 0.2) is 40.3 Å². The lowest BCUT2D eigenvalue weighted by Gasteiger charge is -2.20. The Bertz CT molecular complexity index is 901. The zero-order valence-electron chi connectivity index (χ0n) is 13.2. The Morgan fingerprint density at radius 2 is 2.04 bits per heavy atom. The zero-order chi connectivity index (χ0) is 17.1. The van der Waals surface area contributed by atoms with Gasteiger partial charge < -0.3 is 15.0 Å². The highest BCUT2D eigenvalue weighted by atomic mass is 32.1. The quantitative estimate of drug-likeness (QED) is 0.656. The number of methoxy groups -OCH3 is 1. The minimum Gasteiger partial charge on any atom is -0.466 e. The summed E-state index contributed by atoms with van der Waals surface area (Å²) in [6.45, 7) is 0. The third kappa shape index (κ3) is 3.21. The van der Waals surface area contributed by atoms with Gasteiger partial charge in [-0.15, -0.1) is 0 Å². The van der Waals surface area contributed by atoms with Gasteiger partial charge in [0.05, 0.1) is 23.6 Å². The molecule has 0 saturated heterocycles. The Hall–Kier alpha value is -2.54. The van der Waals surface area contributed by atoms with E-state index in [-0.39, 0.29) is 22.3 Å². The highest BCUT2D eigenvalue weighted by molar-refractivity contribution is 7.80. The van der Waals surface area contributed by atoms with E-state index in [0.29, 0.717) is 29.3 Å². The van der Waals surface area contributed by atoms with Crippen LogP contribution in [0.2, 0.25) is 0 Å². The van der Waals surface area contributed by atoms with Gasteiger partial charge in [-0.2, -0.15) is 0 Å². The maximum absolute atomic E-state index is 12.1. The molecule has 1 aromatic carbocycles. The topological polar surface area (TPSA) is 84.1 Å². The van der Waals surface area contributed by atoms with Crippen molar-refractivity contribution in [3.05, 3.63) is 51.7 Å². The maximum atomic E-state index is 12.1. The molecule has 2 N–H and O–H groups in total. The summed E-state index contributed by atoms with van der Waals surface area (Å²) in [5.41, 5.74) is 1.68. The molecule has 24 heavy (non-hydrogen) atoms. The van der Waals surface area contributed by atoms with Crippen LogP contribution in [0.4, 0.5) is 0 Å². The van der Waals surface area contributed by atoms with Gasteiger partial charge in [-0.25, -0.2) is 9.78 Å². The summed E-state index contributed by atoms with van der Waals surface area (Å²) in [6.07, 6.45) is 3.27. The molecule has 1 heterocycles. The van der Waals surface area contributed by atoms with Crippen molar-refractivity contribution < 1.29 is 9.53 Å². The monoisotopic (exact) mass is 343 g/mol. The average Bonchev–Trinajstić information content (AvgIpc) is 2.61. The molecule has 7 heteroatoms. The van der Waals surface area contributed by atoms with Crippen LogP contribution in [0, 0.1) is 0 Å². The molecule has 0 radical (unpaired) electrons. The van der Waals surface area contributed by atoms with Crippen molar-refractivity contribution in [2.75, 3.05) is 7.11 Å². The average molecular weight is 343 g/mol. The number of nitrogens with zero attached hydrogens (tertiary/aromatic N) is 1. The molecule has 124 valence electrons. The molecule has 6 nitrogen and oxygen atoms in total. The number of carbonyl (C=O) groups is 1. The molecule has 0 spiro atoms. The van der Waals surface area contributed by atoms with E-state index in [4.69, 9.17) is 17.0 Å². The number of fused-ring (bicyclic) bond motifs is 1. The first-order valence-corrected chi connectivity index (χ1v) is 8.11. The molecule has 1 aliphatic carbocycles. The number of ether oxygens (including phenoxy) is 1. The van der Waals surface area contributed by atoms with Gasteiger partial charge in [-0.05, 0) is 37.8 Å². The highest BCUT2D eigenvalue weighted by Gasteiger charge is 2.21. The van der Waals surface area contributed by atoms with E-state index in [1.165, 1.54) is 7.11 Å². The largest absolute Gasteiger partial charge is 0.466 e. The van der Waals surface area contributed by atoms with Crippen molar-refractivity contribution in [3.8, 4) is 0 Å². The first-order chi connectivity index (χ1) is 11.6. The van der Waals surface area contributed by atoms with Gasteiger partial charge in [-0.3, -0.25) is 4.79 Å². The molecule has 2 aromatic rings. The van der Waals surface area contributed by atoms with Crippen molar-refractivity contribution in [2.45, 2.75) is 25.7 Å². The van der Waals surface area contributed by atoms with Crippen LogP contribution in [0.25, 0.3) is 10.9 Å². The second kappa shape index (κ2) is 6.92. The normalized spacial score (nSPS) is 14.5. The Morgan fingerprint density at radius 1 is 1.29 bits per heavy atom. The predicted molar refractivity (Wildman–Crippen MR) is 94.7 cm³/mol. The van der Waals surface area contributed by atoms with Gasteiger partial charge in [0.15, 0.2) is 5.82 Å². The number of aromatic nitrogens is 2. The molecule has 1 aliphatic rings. The third-order valence-corrected chi connectivity index (χ3v) is 4.29. The molecule has 0 fully saturated rings. The molecule has 0 atom stereocenters. The Morgan fingerprint density at radius 3 is 2.83 bits per heavy atom. The number of hydrogen-bond acceptors (Lipinski definition) is 5. The van der Waals surface area contributed by atoms with Crippen molar-refractivity contribution in [1.29, 1.82) is 0 Å². The van der Waals surface area contributed by atoms with E-state index in [0.717, 1.165) is 18.5 Å². The number of thiocarbonyl (C=S) groups is 1. The summed E-state index contributed by atoms with van der Waals surface area (Å²) < 4.78 is 4.83. The lowest BCUT2D eigenvalue weighted by Crippen LogP contribution is -2.29. The van der Waals surface area contributed by atoms with Gasteiger partial charge in [0, 0.05) is 5.70 Å². The van der Waals surface area contributed by atoms with E-state index >= 15 is 0 Å². The first-order valence-electron chi connectivity index (χ1n) is 7.71. The SMILES string of the molecule is COC(=O)C1=C(NC(=S)c2nc3ccccc3c(=O)[nH]2)CCCC1. The Labute approximate surface area is 143 Å². The fourth-order valence-corrected chi connectivity index (χ4v) is 3.00. The van der Waals surface area contributed by atoms with Crippen molar-refractivity contribution in [2.24, 2.45) is 0 Å². The second-order valence-electron chi connectivity index (χ2n) is 5.54. The number of para-hydroxylation sites is 1. The number of allylic oxidation sites excluding steroid dienone is 1. The minimum absolute atomic E-state index is 0.245. The summed E-state index contributed by atoms with van der Waals surface area (Å²) >= 11 is 5.37. The van der Waals surface area contributed by atoms with Crippen molar-refractivity contribution >= 4 is 34.1 Å². The molecule has 3 rings (SSSR count). The molecular formula is C17H17N3O3S. The van der Waals surface area contributed by atoms with Crippen LogP contribution >= 0.6 is 12.2 Å². The Kier molecular flexibility index (Phi) is 4.71. The van der Waals surface area contributed by atoms with Crippen LogP contribution in [-0.2, 0) is 9.53 Å². The standard InChI is InChI=1S/C17H17N3O3S/c1-23-17(22)11-7-3-5-9-13(11)19-16(24)14-18-12-8-4-2-6-10(12)15(21)20-14/h2,4,6,8H,3,5,7,9H2,1H3,(H,19,24)(H,18,20,21). The van der Waals surface area contributed by atoms with E-state index in [1.807, 2.05) is 6.07 Å². The lowest BCUT2D eigenvalue weighted by atomic mass is 9.96. The van der Waals surface area contributed by atoms with Gasteiger partial charge in [-0.1, -0.05) is 24.4 Å². The fourth-order valence-electron chi connectivity index (χ4n) is 2.78. The number of nitrogens with one attached hydrogen (secondary N) is 2. The van der Waals surface area contributed by atoms with Crippen LogP contribution in [0.3, 0.4) is 0 Å². The number of aromatic amines is 1. The number of carbonyl (C=O) groups excluding carboxylic acids is 1. The van der Waals surface area contributed by atoms with Crippen molar-refractivity contribution in [1.82, 2.24) is 15.3 Å². The zero-order valence-corrected chi connectivity index (χ0v) is 14.0. The van der Waals surface area contributed by atoms with E-state index in [9.17, 15) is 9.59 Å². The number of rotatable bonds is 3. The number of esters is 1. The summed E-state index contributed by atoms with van der Waals surface area (Å²) in [6, 6.07) is 7.07. The van der Waals surface area contributed by atoms with Gasteiger partial charge in [0.1, 0.15) is 4.99 Å². The van der Waals surface area contributed by atoms with E-state index in [2.05, 4.69) is 15.3 Å². The van der Waals surface area contributed by atoms with E-state index < -0.39 is 0 Å². The molecule has 0 saturated carbocycles. The van der Waals surface area contributed by atoms with Crippen LogP contribution < -0.4 is 10.9 Å². The second-order valence-corrected chi connectivity index (χ2v) is 5.95. The minimum atomic E-state index is -0.347. The summed E-state index contributed by atoms with van der Waals surface area (Å²) in [5, 5.41) is 3.58. The Balaban J connectivity index is 1.93. The summed E-state index contributed by atoms with van der Waals surface area (Å²) in [7, 11) is 1.36. The molecule has 0 aliphatic heterocycles. The first kappa shape index (κ1) is 16.3. The van der Waals surface area contributed by atoms with E-state index in [1.54, 1.807) is 18.2 Å². The fraction of sp³-hybridized carbons (Fsp3) is 0.294. The molecule has 0 unspecified atom stereocenters. The highest BCUT2D eigenvalue weighted by Crippen LogP contribution is 2.24. The maximum Gasteiger partial charge on any atom is 0.335 e. The van der Waals surface area contributed by atoms with Crippen LogP contribution in [-0.4, -0.2) is 28.0 Å². The molecule has 1 aromatic heterocycles. The molecule has 0 bridgehead atoms. The number of H-pyrrole nitrogens is 1. The third-order valence-electron chi connectivity index (χ3n) is 3.99. The molecule has 0 amide bonds. The predicted octanol–water partition coefficient (Wildman–Crippen LogP) is 2.19. The summed E-state index contributed by atoms with van der Waals surface area (Å²) in [5.74, 6) is -0.0593. The number of hydrogen-bond donors (Lipinski definition) is 2. The van der Waals surface area contributed by atoms with Crippen molar-refractivity contribution in [3.63, 3.8) is 0 Å². The van der Waals surface area contributed by atoms with Crippen LogP contribution in [0.1, 0.15) is 31.5 Å². The lowest BCUT2D eigenvalue weighted by molar-refractivity contribution is -0.136.